The summed E-state index contributed by atoms with van der Waals surface area (Å²) in [5, 5.41) is 3.97. The fraction of sp³-hybridized carbons (Fsp3) is 0.625. The van der Waals surface area contributed by atoms with Crippen molar-refractivity contribution in [1.29, 1.82) is 0 Å². The van der Waals surface area contributed by atoms with Crippen molar-refractivity contribution in [3.63, 3.8) is 0 Å². The first-order chi connectivity index (χ1) is 12.2. The van der Waals surface area contributed by atoms with Gasteiger partial charge in [-0.3, -0.25) is 9.69 Å². The highest BCUT2D eigenvalue weighted by Gasteiger charge is 2.26. The minimum atomic E-state index is -0.360. The number of carbonyl (C=O) groups is 1. The van der Waals surface area contributed by atoms with Crippen LogP contribution in [-0.2, 0) is 29.0 Å². The zero-order valence-corrected chi connectivity index (χ0v) is 14.4. The first kappa shape index (κ1) is 17.6. The summed E-state index contributed by atoms with van der Waals surface area (Å²) < 4.78 is 12.2. The van der Waals surface area contributed by atoms with Crippen molar-refractivity contribution >= 4 is 5.91 Å². The van der Waals surface area contributed by atoms with Crippen LogP contribution in [0.4, 0.5) is 0 Å². The van der Waals surface area contributed by atoms with Gasteiger partial charge in [0, 0.05) is 38.4 Å². The molecule has 0 aliphatic carbocycles. The van der Waals surface area contributed by atoms with E-state index in [9.17, 15) is 4.79 Å². The molecule has 9 nitrogen and oxygen atoms in total. The summed E-state index contributed by atoms with van der Waals surface area (Å²) >= 11 is 0. The zero-order chi connectivity index (χ0) is 17.6. The van der Waals surface area contributed by atoms with E-state index in [2.05, 4.69) is 20.0 Å². The molecule has 0 bridgehead atoms. The molecule has 3 rings (SSSR count). The van der Waals surface area contributed by atoms with Gasteiger partial charge in [-0.15, -0.1) is 0 Å². The van der Waals surface area contributed by atoms with E-state index in [1.165, 1.54) is 0 Å². The Morgan fingerprint density at radius 2 is 2.40 bits per heavy atom. The van der Waals surface area contributed by atoms with Gasteiger partial charge in [-0.2, -0.15) is 4.98 Å². The van der Waals surface area contributed by atoms with Gasteiger partial charge in [0.15, 0.2) is 5.82 Å². The van der Waals surface area contributed by atoms with E-state index < -0.39 is 0 Å². The quantitative estimate of drug-likeness (QED) is 0.731. The summed E-state index contributed by atoms with van der Waals surface area (Å²) in [5.41, 5.74) is 5.31. The van der Waals surface area contributed by atoms with Gasteiger partial charge in [0.1, 0.15) is 12.4 Å². The van der Waals surface area contributed by atoms with Gasteiger partial charge >= 0.3 is 0 Å². The molecule has 0 radical (unpaired) electrons. The van der Waals surface area contributed by atoms with Crippen molar-refractivity contribution in [2.75, 3.05) is 26.8 Å². The monoisotopic (exact) mass is 348 g/mol. The van der Waals surface area contributed by atoms with E-state index >= 15 is 0 Å². The highest BCUT2D eigenvalue weighted by atomic mass is 16.5. The molecule has 0 unspecified atom stereocenters. The first-order valence-corrected chi connectivity index (χ1v) is 8.47. The first-order valence-electron chi connectivity index (χ1n) is 8.47. The van der Waals surface area contributed by atoms with Gasteiger partial charge in [-0.05, 0) is 19.4 Å². The maximum absolute atomic E-state index is 11.2. The van der Waals surface area contributed by atoms with Crippen LogP contribution in [0.15, 0.2) is 16.9 Å². The Bertz CT molecular complexity index is 698. The van der Waals surface area contributed by atoms with Crippen molar-refractivity contribution in [3.05, 3.63) is 29.9 Å². The Morgan fingerprint density at radius 1 is 1.52 bits per heavy atom. The predicted octanol–water partition coefficient (Wildman–Crippen LogP) is 0.320. The maximum Gasteiger partial charge on any atom is 0.240 e. The topological polar surface area (TPSA) is 112 Å². The van der Waals surface area contributed by atoms with Crippen LogP contribution >= 0.6 is 0 Å². The van der Waals surface area contributed by atoms with Crippen LogP contribution in [-0.4, -0.2) is 57.3 Å². The van der Waals surface area contributed by atoms with Gasteiger partial charge in [0.2, 0.25) is 11.8 Å². The molecule has 2 aromatic rings. The number of imidazole rings is 1. The predicted molar refractivity (Wildman–Crippen MR) is 88.6 cm³/mol. The van der Waals surface area contributed by atoms with Crippen molar-refractivity contribution in [2.45, 2.75) is 38.3 Å². The highest BCUT2D eigenvalue weighted by molar-refractivity contribution is 5.73. The molecule has 1 aliphatic rings. The van der Waals surface area contributed by atoms with Crippen LogP contribution in [0.25, 0.3) is 0 Å². The Morgan fingerprint density at radius 3 is 3.20 bits per heavy atom. The number of methoxy groups -OCH3 is 1. The van der Waals surface area contributed by atoms with Crippen LogP contribution in [0.5, 0.6) is 0 Å². The number of likely N-dealkylation sites (tertiary alicyclic amines) is 1. The number of primary amides is 1. The highest BCUT2D eigenvalue weighted by Crippen LogP contribution is 2.26. The molecule has 1 amide bonds. The Kier molecular flexibility index (Phi) is 5.77. The van der Waals surface area contributed by atoms with Crippen LogP contribution in [0.2, 0.25) is 0 Å². The lowest BCUT2D eigenvalue weighted by molar-refractivity contribution is -0.118. The molecule has 3 heterocycles. The smallest absolute Gasteiger partial charge is 0.240 e. The van der Waals surface area contributed by atoms with Crippen LogP contribution < -0.4 is 5.73 Å². The zero-order valence-electron chi connectivity index (χ0n) is 14.4. The minimum absolute atomic E-state index is 0.165. The summed E-state index contributed by atoms with van der Waals surface area (Å²) in [6, 6.07) is 0. The number of hydrogen-bond donors (Lipinski definition) is 1. The number of amides is 1. The third-order valence-electron chi connectivity index (χ3n) is 4.34. The summed E-state index contributed by atoms with van der Waals surface area (Å²) in [7, 11) is 1.65. The second-order valence-electron chi connectivity index (χ2n) is 6.30. The van der Waals surface area contributed by atoms with Gasteiger partial charge in [-0.25, -0.2) is 4.98 Å². The molecular weight excluding hydrogens is 324 g/mol. The number of rotatable bonds is 8. The molecule has 9 heteroatoms. The summed E-state index contributed by atoms with van der Waals surface area (Å²) in [6.07, 6.45) is 6.26. The summed E-state index contributed by atoms with van der Waals surface area (Å²) in [5.74, 6) is 2.10. The van der Waals surface area contributed by atoms with Crippen LogP contribution in [0.1, 0.15) is 36.3 Å². The molecule has 1 fully saturated rings. The normalized spacial score (nSPS) is 18.5. The molecular formula is C16H24N6O3. The van der Waals surface area contributed by atoms with Crippen molar-refractivity contribution in [3.8, 4) is 0 Å². The molecule has 136 valence electrons. The molecule has 0 spiro atoms. The molecule has 0 aromatic carbocycles. The maximum atomic E-state index is 11.2. The minimum Gasteiger partial charge on any atom is -0.384 e. The molecule has 2 N–H and O–H groups in total. The average Bonchev–Trinajstić information content (AvgIpc) is 3.22. The SMILES string of the molecule is COCCc1noc(CN2CCC[C@H](c3nccn3CC(N)=O)C2)n1. The second-order valence-corrected chi connectivity index (χ2v) is 6.30. The van der Waals surface area contributed by atoms with Gasteiger partial charge < -0.3 is 19.6 Å². The lowest BCUT2D eigenvalue weighted by atomic mass is 9.97. The fourth-order valence-corrected chi connectivity index (χ4v) is 3.23. The molecule has 2 aromatic heterocycles. The van der Waals surface area contributed by atoms with E-state index in [1.807, 2.05) is 4.57 Å². The Labute approximate surface area is 146 Å². The number of hydrogen-bond acceptors (Lipinski definition) is 7. The van der Waals surface area contributed by atoms with Crippen molar-refractivity contribution in [1.82, 2.24) is 24.6 Å². The lowest BCUT2D eigenvalue weighted by Crippen LogP contribution is -2.35. The summed E-state index contributed by atoms with van der Waals surface area (Å²) in [4.78, 5) is 22.3. The van der Waals surface area contributed by atoms with Gasteiger partial charge in [0.05, 0.1) is 13.2 Å². The molecule has 1 atom stereocenters. The number of nitrogens with two attached hydrogens (primary N) is 1. The van der Waals surface area contributed by atoms with Crippen molar-refractivity contribution < 1.29 is 14.1 Å². The average molecular weight is 348 g/mol. The van der Waals surface area contributed by atoms with E-state index in [-0.39, 0.29) is 18.4 Å². The van der Waals surface area contributed by atoms with Crippen molar-refractivity contribution in [2.24, 2.45) is 5.73 Å². The van der Waals surface area contributed by atoms with Gasteiger partial charge in [0.25, 0.3) is 0 Å². The number of carbonyl (C=O) groups excluding carboxylic acids is 1. The summed E-state index contributed by atoms with van der Waals surface area (Å²) in [6.45, 7) is 3.17. The lowest BCUT2D eigenvalue weighted by Gasteiger charge is -2.31. The number of ether oxygens (including phenoxy) is 1. The number of piperidine rings is 1. The van der Waals surface area contributed by atoms with E-state index in [4.69, 9.17) is 15.0 Å². The van der Waals surface area contributed by atoms with E-state index in [1.54, 1.807) is 19.5 Å². The molecule has 0 saturated carbocycles. The second kappa shape index (κ2) is 8.21. The molecule has 1 saturated heterocycles. The molecule has 25 heavy (non-hydrogen) atoms. The van der Waals surface area contributed by atoms with Crippen LogP contribution in [0, 0.1) is 0 Å². The largest absolute Gasteiger partial charge is 0.384 e. The Balaban J connectivity index is 1.60. The van der Waals surface area contributed by atoms with E-state index in [0.717, 1.165) is 31.8 Å². The number of aromatic nitrogens is 4. The fourth-order valence-electron chi connectivity index (χ4n) is 3.23. The standard InChI is InChI=1S/C16H24N6O3/c1-24-8-4-14-19-15(25-20-14)11-21-6-2-3-12(9-21)16-18-5-7-22(16)10-13(17)23/h5,7,12H,2-4,6,8-11H2,1H3,(H2,17,23)/t12-/m0/s1. The molecule has 1 aliphatic heterocycles. The van der Waals surface area contributed by atoms with E-state index in [0.29, 0.717) is 31.3 Å². The third kappa shape index (κ3) is 4.64. The third-order valence-corrected chi connectivity index (χ3v) is 4.34. The number of nitrogens with zero attached hydrogens (tertiary/aromatic N) is 5. The van der Waals surface area contributed by atoms with Gasteiger partial charge in [-0.1, -0.05) is 5.16 Å². The Hall–Kier alpha value is -2.26. The van der Waals surface area contributed by atoms with Crippen LogP contribution in [0.3, 0.4) is 0 Å².